The molecule has 0 saturated heterocycles. The Kier molecular flexibility index (Phi) is 46.8. The molecule has 0 N–H and O–H groups in total. The van der Waals surface area contributed by atoms with Crippen molar-refractivity contribution in [3.05, 3.63) is 0 Å². The second kappa shape index (κ2) is 48.1. The molecule has 6 heteroatoms. The van der Waals surface area contributed by atoms with Crippen LogP contribution >= 0.6 is 0 Å². The number of unbranched alkanes of at least 4 members (excludes halogenated alkanes) is 37. The molecule has 6 nitrogen and oxygen atoms in total. The maximum absolute atomic E-state index is 12.8. The Bertz CT molecular complexity index is 859. The highest BCUT2D eigenvalue weighted by molar-refractivity contribution is 5.71. The minimum absolute atomic E-state index is 0.0618. The number of carbonyl (C=O) groups is 3. The number of esters is 3. The summed E-state index contributed by atoms with van der Waals surface area (Å²) in [7, 11) is 0. The van der Waals surface area contributed by atoms with Gasteiger partial charge < -0.3 is 14.2 Å². The second-order valence-corrected chi connectivity index (χ2v) is 17.8. The topological polar surface area (TPSA) is 78.9 Å². The molecular weight excluding hydrogens is 721 g/mol. The number of carbonyl (C=O) groups excluding carboxylic acids is 3. The largest absolute Gasteiger partial charge is 0.462 e. The van der Waals surface area contributed by atoms with Crippen LogP contribution in [0.15, 0.2) is 0 Å². The number of ether oxygens (including phenoxy) is 3. The van der Waals surface area contributed by atoms with Crippen LogP contribution in [0.25, 0.3) is 0 Å². The zero-order chi connectivity index (χ0) is 42.3. The summed E-state index contributed by atoms with van der Waals surface area (Å²) < 4.78 is 16.8. The van der Waals surface area contributed by atoms with E-state index in [4.69, 9.17) is 14.2 Å². The fourth-order valence-electron chi connectivity index (χ4n) is 7.92. The molecule has 0 spiro atoms. The van der Waals surface area contributed by atoms with Gasteiger partial charge in [-0.1, -0.05) is 258 Å². The van der Waals surface area contributed by atoms with Crippen molar-refractivity contribution in [2.24, 2.45) is 0 Å². The van der Waals surface area contributed by atoms with Gasteiger partial charge >= 0.3 is 17.9 Å². The summed E-state index contributed by atoms with van der Waals surface area (Å²) >= 11 is 0. The van der Waals surface area contributed by atoms with E-state index in [9.17, 15) is 14.4 Å². The Morgan fingerprint density at radius 1 is 0.276 bits per heavy atom. The summed E-state index contributed by atoms with van der Waals surface area (Å²) in [5.74, 6) is -0.842. The van der Waals surface area contributed by atoms with Crippen LogP contribution in [0.2, 0.25) is 0 Å². The molecule has 0 heterocycles. The van der Waals surface area contributed by atoms with Crippen molar-refractivity contribution < 1.29 is 28.6 Å². The molecule has 1 unspecified atom stereocenters. The Hall–Kier alpha value is -1.59. The van der Waals surface area contributed by atoms with E-state index < -0.39 is 6.10 Å². The number of hydrogen-bond donors (Lipinski definition) is 0. The third kappa shape index (κ3) is 45.5. The zero-order valence-electron chi connectivity index (χ0n) is 39.3. The summed E-state index contributed by atoms with van der Waals surface area (Å²) in [6, 6.07) is 0. The van der Waals surface area contributed by atoms with E-state index in [0.717, 1.165) is 57.8 Å². The Morgan fingerprint density at radius 3 is 0.690 bits per heavy atom. The first-order valence-electron chi connectivity index (χ1n) is 26.0. The first kappa shape index (κ1) is 56.4. The summed E-state index contributed by atoms with van der Waals surface area (Å²) in [4.78, 5) is 37.9. The maximum Gasteiger partial charge on any atom is 0.306 e. The lowest BCUT2D eigenvalue weighted by molar-refractivity contribution is -0.167. The van der Waals surface area contributed by atoms with Gasteiger partial charge in [0.05, 0.1) is 0 Å². The van der Waals surface area contributed by atoms with Crippen molar-refractivity contribution in [1.82, 2.24) is 0 Å². The van der Waals surface area contributed by atoms with Gasteiger partial charge in [0.2, 0.25) is 0 Å². The summed E-state index contributed by atoms with van der Waals surface area (Å²) in [5, 5.41) is 0. The van der Waals surface area contributed by atoms with Gasteiger partial charge in [0.25, 0.3) is 0 Å². The predicted molar refractivity (Wildman–Crippen MR) is 247 cm³/mol. The quantitative estimate of drug-likeness (QED) is 0.0346. The Labute approximate surface area is 361 Å². The summed E-state index contributed by atoms with van der Waals surface area (Å²) in [6.45, 7) is 6.67. The van der Waals surface area contributed by atoms with E-state index in [0.29, 0.717) is 19.3 Å². The molecule has 0 aromatic carbocycles. The lowest BCUT2D eigenvalue weighted by Gasteiger charge is -2.18. The molecule has 0 amide bonds. The Balaban J connectivity index is 4.28. The highest BCUT2D eigenvalue weighted by Crippen LogP contribution is 2.17. The standard InChI is InChI=1S/C52H100O6/c1-4-7-10-13-16-19-22-24-26-28-30-33-36-39-42-45-51(54)57-48-49(47-56-50(53)44-41-38-35-32-21-18-15-12-9-6-3)58-52(55)46-43-40-37-34-31-29-27-25-23-20-17-14-11-8-5-2/h49H,4-48H2,1-3H3. The van der Waals surface area contributed by atoms with Crippen LogP contribution in [0.1, 0.15) is 297 Å². The van der Waals surface area contributed by atoms with Gasteiger partial charge in [-0.3, -0.25) is 14.4 Å². The average Bonchev–Trinajstić information content (AvgIpc) is 3.22. The van der Waals surface area contributed by atoms with Crippen molar-refractivity contribution >= 4 is 17.9 Å². The van der Waals surface area contributed by atoms with Crippen molar-refractivity contribution in [1.29, 1.82) is 0 Å². The lowest BCUT2D eigenvalue weighted by Crippen LogP contribution is -2.30. The van der Waals surface area contributed by atoms with Gasteiger partial charge in [0, 0.05) is 19.3 Å². The van der Waals surface area contributed by atoms with Crippen LogP contribution in [-0.4, -0.2) is 37.2 Å². The molecule has 0 radical (unpaired) electrons. The lowest BCUT2D eigenvalue weighted by atomic mass is 10.0. The fraction of sp³-hybridized carbons (Fsp3) is 0.942. The molecule has 0 bridgehead atoms. The minimum Gasteiger partial charge on any atom is -0.462 e. The molecular formula is C52H100O6. The van der Waals surface area contributed by atoms with Crippen LogP contribution in [0.3, 0.4) is 0 Å². The van der Waals surface area contributed by atoms with Crippen molar-refractivity contribution in [3.63, 3.8) is 0 Å². The highest BCUT2D eigenvalue weighted by atomic mass is 16.6. The van der Waals surface area contributed by atoms with Gasteiger partial charge in [-0.25, -0.2) is 0 Å². The van der Waals surface area contributed by atoms with Crippen molar-refractivity contribution in [2.45, 2.75) is 303 Å². The fourth-order valence-corrected chi connectivity index (χ4v) is 7.92. The highest BCUT2D eigenvalue weighted by Gasteiger charge is 2.19. The van der Waals surface area contributed by atoms with Crippen LogP contribution < -0.4 is 0 Å². The SMILES string of the molecule is CCCCCCCCCCCCCCCCCC(=O)OCC(COC(=O)CCCCCCCCCCCC)OC(=O)CCCCCCCCCCCCCCCCC. The van der Waals surface area contributed by atoms with Crippen molar-refractivity contribution in [2.75, 3.05) is 13.2 Å². The molecule has 0 aliphatic rings. The minimum atomic E-state index is -0.759. The third-order valence-corrected chi connectivity index (χ3v) is 11.9. The molecule has 1 atom stereocenters. The number of hydrogen-bond acceptors (Lipinski definition) is 6. The molecule has 0 fully saturated rings. The van der Waals surface area contributed by atoms with E-state index in [2.05, 4.69) is 20.8 Å². The smallest absolute Gasteiger partial charge is 0.306 e. The van der Waals surface area contributed by atoms with Gasteiger partial charge in [-0.2, -0.15) is 0 Å². The van der Waals surface area contributed by atoms with E-state index in [-0.39, 0.29) is 31.1 Å². The molecule has 58 heavy (non-hydrogen) atoms. The van der Waals surface area contributed by atoms with Crippen LogP contribution in [0.5, 0.6) is 0 Å². The van der Waals surface area contributed by atoms with E-state index in [1.54, 1.807) is 0 Å². The van der Waals surface area contributed by atoms with E-state index in [1.807, 2.05) is 0 Å². The van der Waals surface area contributed by atoms with E-state index >= 15 is 0 Å². The molecule has 0 rings (SSSR count). The summed E-state index contributed by atoms with van der Waals surface area (Å²) in [5.41, 5.74) is 0. The third-order valence-electron chi connectivity index (χ3n) is 11.9. The molecule has 0 saturated carbocycles. The van der Waals surface area contributed by atoms with Crippen LogP contribution in [0, 0.1) is 0 Å². The molecule has 0 aliphatic heterocycles. The molecule has 344 valence electrons. The van der Waals surface area contributed by atoms with Crippen LogP contribution in [-0.2, 0) is 28.6 Å². The maximum atomic E-state index is 12.8. The molecule has 0 aromatic heterocycles. The monoisotopic (exact) mass is 821 g/mol. The van der Waals surface area contributed by atoms with Crippen molar-refractivity contribution in [3.8, 4) is 0 Å². The van der Waals surface area contributed by atoms with Crippen LogP contribution in [0.4, 0.5) is 0 Å². The molecule has 0 aliphatic carbocycles. The number of rotatable bonds is 48. The zero-order valence-corrected chi connectivity index (χ0v) is 39.3. The second-order valence-electron chi connectivity index (χ2n) is 17.8. The van der Waals surface area contributed by atoms with Gasteiger partial charge in [-0.05, 0) is 19.3 Å². The van der Waals surface area contributed by atoms with Gasteiger partial charge in [0.1, 0.15) is 13.2 Å². The Morgan fingerprint density at radius 2 is 0.466 bits per heavy atom. The first-order chi connectivity index (χ1) is 28.5. The predicted octanol–water partition coefficient (Wildman–Crippen LogP) is 16.8. The first-order valence-corrected chi connectivity index (χ1v) is 26.0. The normalized spacial score (nSPS) is 11.8. The average molecular weight is 821 g/mol. The van der Waals surface area contributed by atoms with Gasteiger partial charge in [-0.15, -0.1) is 0 Å². The van der Waals surface area contributed by atoms with E-state index in [1.165, 1.54) is 199 Å². The molecule has 0 aromatic rings. The summed E-state index contributed by atoms with van der Waals surface area (Å²) in [6.07, 6.45) is 50.8. The van der Waals surface area contributed by atoms with Gasteiger partial charge in [0.15, 0.2) is 6.10 Å².